The first-order valence-electron chi connectivity index (χ1n) is 6.27. The van der Waals surface area contributed by atoms with Crippen molar-refractivity contribution >= 4 is 12.1 Å². The Morgan fingerprint density at radius 2 is 1.94 bits per heavy atom. The summed E-state index contributed by atoms with van der Waals surface area (Å²) in [7, 11) is 0. The molecule has 1 aliphatic carbocycles. The molecule has 0 aromatic heterocycles. The van der Waals surface area contributed by atoms with E-state index in [1.807, 2.05) is 6.92 Å². The molecule has 2 N–H and O–H groups in total. The van der Waals surface area contributed by atoms with Crippen molar-refractivity contribution in [2.24, 2.45) is 11.3 Å². The third-order valence-electron chi connectivity index (χ3n) is 3.36. The number of alkyl carbamates (subject to hydrolysis) is 1. The van der Waals surface area contributed by atoms with Crippen molar-refractivity contribution in [1.29, 1.82) is 0 Å². The van der Waals surface area contributed by atoms with Crippen LogP contribution in [0.1, 0.15) is 47.5 Å². The zero-order valence-electron chi connectivity index (χ0n) is 11.7. The molecule has 3 unspecified atom stereocenters. The van der Waals surface area contributed by atoms with E-state index in [0.29, 0.717) is 12.8 Å². The van der Waals surface area contributed by atoms with Crippen molar-refractivity contribution in [3.8, 4) is 0 Å². The van der Waals surface area contributed by atoms with Crippen LogP contribution in [0, 0.1) is 11.3 Å². The van der Waals surface area contributed by atoms with E-state index in [4.69, 9.17) is 4.74 Å². The summed E-state index contributed by atoms with van der Waals surface area (Å²) in [5.41, 5.74) is -1.48. The van der Waals surface area contributed by atoms with Crippen LogP contribution in [-0.2, 0) is 9.53 Å². The lowest BCUT2D eigenvalue weighted by Gasteiger charge is -2.29. The van der Waals surface area contributed by atoms with Gasteiger partial charge in [0.15, 0.2) is 0 Å². The van der Waals surface area contributed by atoms with Gasteiger partial charge >= 0.3 is 12.1 Å². The van der Waals surface area contributed by atoms with Crippen LogP contribution in [-0.4, -0.2) is 28.8 Å². The van der Waals surface area contributed by atoms with E-state index in [-0.39, 0.29) is 12.0 Å². The van der Waals surface area contributed by atoms with Crippen LogP contribution >= 0.6 is 0 Å². The maximum Gasteiger partial charge on any atom is 0.407 e. The van der Waals surface area contributed by atoms with Gasteiger partial charge in [0.05, 0.1) is 5.41 Å². The third-order valence-corrected chi connectivity index (χ3v) is 3.36. The van der Waals surface area contributed by atoms with Gasteiger partial charge in [0.25, 0.3) is 0 Å². The van der Waals surface area contributed by atoms with E-state index in [1.54, 1.807) is 27.7 Å². The molecule has 3 atom stereocenters. The SMILES string of the molecule is CC1CC(NC(=O)OC(C)(C)C)C(C)(C(=O)O)C1. The van der Waals surface area contributed by atoms with E-state index in [0.717, 1.165) is 0 Å². The number of ether oxygens (including phenoxy) is 1. The van der Waals surface area contributed by atoms with Crippen LogP contribution in [0.5, 0.6) is 0 Å². The Bertz CT molecular complexity index is 347. The molecular formula is C13H23NO4. The van der Waals surface area contributed by atoms with Crippen LogP contribution < -0.4 is 5.32 Å². The number of hydrogen-bond acceptors (Lipinski definition) is 3. The van der Waals surface area contributed by atoms with Gasteiger partial charge in [0.1, 0.15) is 5.60 Å². The molecule has 0 bridgehead atoms. The quantitative estimate of drug-likeness (QED) is 0.796. The second-order valence-electron chi connectivity index (χ2n) is 6.47. The fourth-order valence-electron chi connectivity index (χ4n) is 2.52. The first-order chi connectivity index (χ1) is 8.04. The first-order valence-corrected chi connectivity index (χ1v) is 6.27. The molecule has 0 aromatic rings. The van der Waals surface area contributed by atoms with Gasteiger partial charge in [-0.3, -0.25) is 4.79 Å². The summed E-state index contributed by atoms with van der Waals surface area (Å²) in [6.07, 6.45) is 0.694. The van der Waals surface area contributed by atoms with Crippen LogP contribution in [0.3, 0.4) is 0 Å². The summed E-state index contributed by atoms with van der Waals surface area (Å²) in [5.74, 6) is -0.584. The van der Waals surface area contributed by atoms with Crippen LogP contribution in [0.25, 0.3) is 0 Å². The number of aliphatic carboxylic acids is 1. The Morgan fingerprint density at radius 1 is 1.39 bits per heavy atom. The lowest BCUT2D eigenvalue weighted by Crippen LogP contribution is -2.48. The van der Waals surface area contributed by atoms with Crippen molar-refractivity contribution in [3.63, 3.8) is 0 Å². The molecule has 1 saturated carbocycles. The van der Waals surface area contributed by atoms with E-state index in [2.05, 4.69) is 5.32 Å². The standard InChI is InChI=1S/C13H23NO4/c1-8-6-9(13(5,7-8)10(15)16)14-11(17)18-12(2,3)4/h8-9H,6-7H2,1-5H3,(H,14,17)(H,15,16). The molecule has 5 heteroatoms. The zero-order chi connectivity index (χ0) is 14.1. The second kappa shape index (κ2) is 4.78. The van der Waals surface area contributed by atoms with Crippen molar-refractivity contribution in [2.75, 3.05) is 0 Å². The minimum Gasteiger partial charge on any atom is -0.481 e. The summed E-state index contributed by atoms with van der Waals surface area (Å²) in [6.45, 7) is 9.01. The number of rotatable bonds is 2. The molecule has 5 nitrogen and oxygen atoms in total. The summed E-state index contributed by atoms with van der Waals surface area (Å²) in [6, 6.07) is -0.375. The zero-order valence-corrected chi connectivity index (χ0v) is 11.7. The number of carbonyl (C=O) groups is 2. The molecule has 104 valence electrons. The van der Waals surface area contributed by atoms with Crippen LogP contribution in [0.2, 0.25) is 0 Å². The molecule has 18 heavy (non-hydrogen) atoms. The van der Waals surface area contributed by atoms with Crippen LogP contribution in [0.15, 0.2) is 0 Å². The Labute approximate surface area is 108 Å². The fraction of sp³-hybridized carbons (Fsp3) is 0.846. The molecule has 1 rings (SSSR count). The molecule has 0 aromatic carbocycles. The Balaban J connectivity index is 2.71. The molecule has 0 heterocycles. The summed E-state index contributed by atoms with van der Waals surface area (Å²) in [4.78, 5) is 23.1. The topological polar surface area (TPSA) is 75.6 Å². The van der Waals surface area contributed by atoms with Gasteiger partial charge in [0.2, 0.25) is 0 Å². The maximum absolute atomic E-state index is 11.7. The highest BCUT2D eigenvalue weighted by Crippen LogP contribution is 2.41. The Hall–Kier alpha value is -1.26. The lowest BCUT2D eigenvalue weighted by atomic mass is 9.84. The predicted molar refractivity (Wildman–Crippen MR) is 67.3 cm³/mol. The van der Waals surface area contributed by atoms with Crippen molar-refractivity contribution in [1.82, 2.24) is 5.32 Å². The van der Waals surface area contributed by atoms with E-state index in [9.17, 15) is 14.7 Å². The third kappa shape index (κ3) is 3.37. The summed E-state index contributed by atoms with van der Waals surface area (Å²) >= 11 is 0. The summed E-state index contributed by atoms with van der Waals surface area (Å²) in [5, 5.41) is 12.0. The number of carboxylic acid groups (broad SMARTS) is 1. The molecule has 0 saturated heterocycles. The van der Waals surface area contributed by atoms with Crippen molar-refractivity contribution in [2.45, 2.75) is 59.1 Å². The van der Waals surface area contributed by atoms with E-state index >= 15 is 0 Å². The normalized spacial score (nSPS) is 32.1. The highest BCUT2D eigenvalue weighted by molar-refractivity contribution is 5.77. The van der Waals surface area contributed by atoms with Gasteiger partial charge < -0.3 is 15.2 Å². The number of carboxylic acids is 1. The monoisotopic (exact) mass is 257 g/mol. The minimum atomic E-state index is -0.906. The van der Waals surface area contributed by atoms with Gasteiger partial charge in [-0.15, -0.1) is 0 Å². The smallest absolute Gasteiger partial charge is 0.407 e. The predicted octanol–water partition coefficient (Wildman–Crippen LogP) is 2.40. The van der Waals surface area contributed by atoms with Gasteiger partial charge in [-0.25, -0.2) is 4.79 Å². The maximum atomic E-state index is 11.7. The number of amides is 1. The number of nitrogens with one attached hydrogen (secondary N) is 1. The molecule has 0 aliphatic heterocycles. The average molecular weight is 257 g/mol. The highest BCUT2D eigenvalue weighted by atomic mass is 16.6. The molecule has 1 amide bonds. The molecular weight excluding hydrogens is 234 g/mol. The van der Waals surface area contributed by atoms with Gasteiger partial charge in [-0.2, -0.15) is 0 Å². The largest absolute Gasteiger partial charge is 0.481 e. The Kier molecular flexibility index (Phi) is 3.93. The lowest BCUT2D eigenvalue weighted by molar-refractivity contribution is -0.148. The first kappa shape index (κ1) is 14.8. The number of hydrogen-bond donors (Lipinski definition) is 2. The molecule has 0 spiro atoms. The molecule has 0 radical (unpaired) electrons. The van der Waals surface area contributed by atoms with Gasteiger partial charge in [-0.1, -0.05) is 6.92 Å². The highest BCUT2D eigenvalue weighted by Gasteiger charge is 2.49. The van der Waals surface area contributed by atoms with Crippen molar-refractivity contribution in [3.05, 3.63) is 0 Å². The fourth-order valence-corrected chi connectivity index (χ4v) is 2.52. The molecule has 1 aliphatic rings. The average Bonchev–Trinajstić information content (AvgIpc) is 2.39. The van der Waals surface area contributed by atoms with E-state index in [1.165, 1.54) is 0 Å². The number of carbonyl (C=O) groups excluding carboxylic acids is 1. The molecule has 1 fully saturated rings. The second-order valence-corrected chi connectivity index (χ2v) is 6.47. The van der Waals surface area contributed by atoms with Gasteiger partial charge in [-0.05, 0) is 46.5 Å². The van der Waals surface area contributed by atoms with Crippen LogP contribution in [0.4, 0.5) is 4.79 Å². The van der Waals surface area contributed by atoms with E-state index < -0.39 is 23.1 Å². The van der Waals surface area contributed by atoms with Crippen molar-refractivity contribution < 1.29 is 19.4 Å². The van der Waals surface area contributed by atoms with Gasteiger partial charge in [0, 0.05) is 6.04 Å². The Morgan fingerprint density at radius 3 is 2.39 bits per heavy atom. The summed E-state index contributed by atoms with van der Waals surface area (Å²) < 4.78 is 5.16. The minimum absolute atomic E-state index is 0.283.